The summed E-state index contributed by atoms with van der Waals surface area (Å²) < 4.78 is 5.06. The van der Waals surface area contributed by atoms with E-state index < -0.39 is 0 Å². The van der Waals surface area contributed by atoms with Gasteiger partial charge in [0.2, 0.25) is 0 Å². The first-order chi connectivity index (χ1) is 12.0. The van der Waals surface area contributed by atoms with Gasteiger partial charge < -0.3 is 25.2 Å². The van der Waals surface area contributed by atoms with Gasteiger partial charge in [-0.05, 0) is 24.7 Å². The third kappa shape index (κ3) is 8.00. The third-order valence-corrected chi connectivity index (χ3v) is 3.75. The van der Waals surface area contributed by atoms with Crippen LogP contribution in [0.5, 0.6) is 0 Å². The van der Waals surface area contributed by atoms with Crippen molar-refractivity contribution in [1.82, 2.24) is 20.4 Å². The van der Waals surface area contributed by atoms with Gasteiger partial charge in [-0.15, -0.1) is 0 Å². The molecule has 7 heteroatoms. The maximum absolute atomic E-state index is 11.9. The average molecular weight is 349 g/mol. The Morgan fingerprint density at radius 3 is 2.36 bits per heavy atom. The van der Waals surface area contributed by atoms with E-state index in [1.165, 1.54) is 0 Å². The van der Waals surface area contributed by atoms with Crippen molar-refractivity contribution in [2.75, 3.05) is 61.5 Å². The zero-order valence-electron chi connectivity index (χ0n) is 16.0. The molecule has 0 saturated carbocycles. The Bertz CT molecular complexity index is 543. The molecule has 0 aliphatic heterocycles. The average Bonchev–Trinajstić information content (AvgIpc) is 2.62. The highest BCUT2D eigenvalue weighted by Gasteiger charge is 2.07. The molecule has 0 aromatic heterocycles. The molecule has 0 fully saturated rings. The van der Waals surface area contributed by atoms with Crippen molar-refractivity contribution in [2.45, 2.75) is 6.54 Å². The SMILES string of the molecule is CN=C(NCCN(C)CCOC)NCc1ccc(C(=O)N(C)C)cc1. The molecule has 0 aliphatic rings. The molecule has 1 aromatic rings. The van der Waals surface area contributed by atoms with Crippen molar-refractivity contribution < 1.29 is 9.53 Å². The second-order valence-electron chi connectivity index (χ2n) is 6.05. The lowest BCUT2D eigenvalue weighted by Crippen LogP contribution is -2.41. The van der Waals surface area contributed by atoms with E-state index >= 15 is 0 Å². The molecule has 140 valence electrons. The number of likely N-dealkylation sites (N-methyl/N-ethyl adjacent to an activating group) is 1. The highest BCUT2D eigenvalue weighted by molar-refractivity contribution is 5.93. The number of carbonyl (C=O) groups is 1. The van der Waals surface area contributed by atoms with Gasteiger partial charge in [-0.3, -0.25) is 9.79 Å². The highest BCUT2D eigenvalue weighted by Crippen LogP contribution is 2.06. The number of nitrogens with one attached hydrogen (secondary N) is 2. The molecular weight excluding hydrogens is 318 g/mol. The summed E-state index contributed by atoms with van der Waals surface area (Å²) in [6.45, 7) is 4.00. The fraction of sp³-hybridized carbons (Fsp3) is 0.556. The molecular formula is C18H31N5O2. The van der Waals surface area contributed by atoms with Gasteiger partial charge in [0.05, 0.1) is 6.61 Å². The number of amides is 1. The lowest BCUT2D eigenvalue weighted by Gasteiger charge is -2.18. The standard InChI is InChI=1S/C18H31N5O2/c1-19-18(20-10-11-23(4)12-13-25-5)21-14-15-6-8-16(9-7-15)17(24)22(2)3/h6-9H,10-14H2,1-5H3,(H2,19,20,21). The Morgan fingerprint density at radius 1 is 1.12 bits per heavy atom. The summed E-state index contributed by atoms with van der Waals surface area (Å²) in [4.78, 5) is 19.9. The summed E-state index contributed by atoms with van der Waals surface area (Å²) in [5.74, 6) is 0.767. The first-order valence-corrected chi connectivity index (χ1v) is 8.40. The van der Waals surface area contributed by atoms with E-state index in [2.05, 4.69) is 27.6 Å². The van der Waals surface area contributed by atoms with E-state index in [9.17, 15) is 4.79 Å². The van der Waals surface area contributed by atoms with Crippen molar-refractivity contribution in [3.63, 3.8) is 0 Å². The van der Waals surface area contributed by atoms with Crippen molar-refractivity contribution in [3.8, 4) is 0 Å². The van der Waals surface area contributed by atoms with E-state index in [0.29, 0.717) is 12.1 Å². The molecule has 7 nitrogen and oxygen atoms in total. The summed E-state index contributed by atoms with van der Waals surface area (Å²) in [5.41, 5.74) is 1.78. The molecule has 25 heavy (non-hydrogen) atoms. The maximum atomic E-state index is 11.9. The quantitative estimate of drug-likeness (QED) is 0.506. The minimum absolute atomic E-state index is 0.00887. The summed E-state index contributed by atoms with van der Waals surface area (Å²) in [6.07, 6.45) is 0. The minimum Gasteiger partial charge on any atom is -0.383 e. The van der Waals surface area contributed by atoms with E-state index in [4.69, 9.17) is 4.74 Å². The maximum Gasteiger partial charge on any atom is 0.253 e. The van der Waals surface area contributed by atoms with Crippen LogP contribution in [0.2, 0.25) is 0 Å². The zero-order valence-corrected chi connectivity index (χ0v) is 16.0. The van der Waals surface area contributed by atoms with Crippen LogP contribution < -0.4 is 10.6 Å². The Hall–Kier alpha value is -2.12. The number of rotatable bonds is 9. The van der Waals surface area contributed by atoms with Gasteiger partial charge in [0.25, 0.3) is 5.91 Å². The van der Waals surface area contributed by atoms with E-state index in [1.54, 1.807) is 33.2 Å². The van der Waals surface area contributed by atoms with Gasteiger partial charge in [-0.2, -0.15) is 0 Å². The van der Waals surface area contributed by atoms with Crippen molar-refractivity contribution in [2.24, 2.45) is 4.99 Å². The Kier molecular flexibility index (Phi) is 9.57. The third-order valence-electron chi connectivity index (χ3n) is 3.75. The van der Waals surface area contributed by atoms with Gasteiger partial charge in [0.1, 0.15) is 0 Å². The summed E-state index contributed by atoms with van der Waals surface area (Å²) >= 11 is 0. The molecule has 1 aromatic carbocycles. The van der Waals surface area contributed by atoms with Crippen molar-refractivity contribution >= 4 is 11.9 Å². The van der Waals surface area contributed by atoms with Crippen molar-refractivity contribution in [3.05, 3.63) is 35.4 Å². The van der Waals surface area contributed by atoms with Crippen LogP contribution in [0.25, 0.3) is 0 Å². The van der Waals surface area contributed by atoms with Crippen LogP contribution >= 0.6 is 0 Å². The normalized spacial score (nSPS) is 11.5. The molecule has 0 saturated heterocycles. The Morgan fingerprint density at radius 2 is 1.80 bits per heavy atom. The van der Waals surface area contributed by atoms with Gasteiger partial charge >= 0.3 is 0 Å². The number of aliphatic imine (C=N–C) groups is 1. The predicted octanol–water partition coefficient (Wildman–Crippen LogP) is 0.632. The number of hydrogen-bond donors (Lipinski definition) is 2. The monoisotopic (exact) mass is 349 g/mol. The molecule has 0 aliphatic carbocycles. The zero-order chi connectivity index (χ0) is 18.7. The van der Waals surface area contributed by atoms with Gasteiger partial charge in [0.15, 0.2) is 5.96 Å². The fourth-order valence-electron chi connectivity index (χ4n) is 2.15. The summed E-state index contributed by atoms with van der Waals surface area (Å²) in [6, 6.07) is 7.60. The van der Waals surface area contributed by atoms with Crippen LogP contribution in [0.15, 0.2) is 29.3 Å². The topological polar surface area (TPSA) is 69.2 Å². The molecule has 0 spiro atoms. The van der Waals surface area contributed by atoms with Crippen molar-refractivity contribution in [1.29, 1.82) is 0 Å². The molecule has 1 rings (SSSR count). The number of hydrogen-bond acceptors (Lipinski definition) is 4. The molecule has 0 unspecified atom stereocenters. The molecule has 0 bridgehead atoms. The van der Waals surface area contributed by atoms with E-state index in [-0.39, 0.29) is 5.91 Å². The highest BCUT2D eigenvalue weighted by atomic mass is 16.5. The predicted molar refractivity (Wildman–Crippen MR) is 102 cm³/mol. The Balaban J connectivity index is 2.38. The number of ether oxygens (including phenoxy) is 1. The van der Waals surface area contributed by atoms with E-state index in [1.807, 2.05) is 24.3 Å². The van der Waals surface area contributed by atoms with Crippen LogP contribution in [-0.4, -0.2) is 83.2 Å². The molecule has 2 N–H and O–H groups in total. The lowest BCUT2D eigenvalue weighted by atomic mass is 10.1. The van der Waals surface area contributed by atoms with E-state index in [0.717, 1.165) is 37.8 Å². The van der Waals surface area contributed by atoms with Crippen LogP contribution in [0.4, 0.5) is 0 Å². The number of nitrogens with zero attached hydrogens (tertiary/aromatic N) is 3. The first-order valence-electron chi connectivity index (χ1n) is 8.40. The number of methoxy groups -OCH3 is 1. The summed E-state index contributed by atoms with van der Waals surface area (Å²) in [7, 11) is 9.03. The Labute approximate surface area is 151 Å². The summed E-state index contributed by atoms with van der Waals surface area (Å²) in [5, 5.41) is 6.56. The molecule has 0 atom stereocenters. The molecule has 0 radical (unpaired) electrons. The van der Waals surface area contributed by atoms with Crippen LogP contribution in [-0.2, 0) is 11.3 Å². The number of guanidine groups is 1. The lowest BCUT2D eigenvalue weighted by molar-refractivity contribution is 0.0827. The van der Waals surface area contributed by atoms with Gasteiger partial charge in [0, 0.05) is 60.0 Å². The van der Waals surface area contributed by atoms with Crippen LogP contribution in [0.1, 0.15) is 15.9 Å². The smallest absolute Gasteiger partial charge is 0.253 e. The van der Waals surface area contributed by atoms with Gasteiger partial charge in [-0.25, -0.2) is 0 Å². The van der Waals surface area contributed by atoms with Crippen LogP contribution in [0, 0.1) is 0 Å². The van der Waals surface area contributed by atoms with Gasteiger partial charge in [-0.1, -0.05) is 12.1 Å². The number of carbonyl (C=O) groups excluding carboxylic acids is 1. The molecule has 1 amide bonds. The first kappa shape index (κ1) is 20.9. The van der Waals surface area contributed by atoms with Crippen LogP contribution in [0.3, 0.4) is 0 Å². The minimum atomic E-state index is 0.00887. The molecule has 0 heterocycles. The second-order valence-corrected chi connectivity index (χ2v) is 6.05. The fourth-order valence-corrected chi connectivity index (χ4v) is 2.15. The second kappa shape index (κ2) is 11.4. The largest absolute Gasteiger partial charge is 0.383 e. The number of benzene rings is 1.